The van der Waals surface area contributed by atoms with Gasteiger partial charge in [0.25, 0.3) is 0 Å². The van der Waals surface area contributed by atoms with E-state index in [2.05, 4.69) is 5.32 Å². The molecule has 0 aromatic rings. The van der Waals surface area contributed by atoms with E-state index >= 15 is 0 Å². The minimum absolute atomic E-state index is 0.124. The highest BCUT2D eigenvalue weighted by molar-refractivity contribution is 5.80. The molecule has 5 nitrogen and oxygen atoms in total. The van der Waals surface area contributed by atoms with E-state index in [4.69, 9.17) is 5.11 Å². The predicted molar refractivity (Wildman–Crippen MR) is 66.9 cm³/mol. The summed E-state index contributed by atoms with van der Waals surface area (Å²) in [7, 11) is 0. The maximum atomic E-state index is 11.8. The van der Waals surface area contributed by atoms with Crippen molar-refractivity contribution >= 4 is 11.9 Å². The van der Waals surface area contributed by atoms with Gasteiger partial charge in [0, 0.05) is 12.5 Å². The van der Waals surface area contributed by atoms with Gasteiger partial charge in [-0.05, 0) is 31.6 Å². The number of hydrogen-bond acceptors (Lipinski definition) is 3. The van der Waals surface area contributed by atoms with Gasteiger partial charge in [-0.1, -0.05) is 13.8 Å². The number of nitrogens with one attached hydrogen (secondary N) is 1. The van der Waals surface area contributed by atoms with Crippen molar-refractivity contribution in [1.29, 1.82) is 0 Å². The Morgan fingerprint density at radius 1 is 1.28 bits per heavy atom. The fourth-order valence-electron chi connectivity index (χ4n) is 2.43. The molecule has 0 aromatic carbocycles. The lowest BCUT2D eigenvalue weighted by atomic mass is 10.0. The zero-order valence-corrected chi connectivity index (χ0v) is 11.1. The van der Waals surface area contributed by atoms with Crippen LogP contribution in [0.3, 0.4) is 0 Å². The molecular formula is C13H23NO4. The van der Waals surface area contributed by atoms with Crippen LogP contribution in [0.5, 0.6) is 0 Å². The average Bonchev–Trinajstić information content (AvgIpc) is 2.74. The normalized spacial score (nSPS) is 25.1. The third kappa shape index (κ3) is 4.64. The third-order valence-electron chi connectivity index (χ3n) is 3.41. The van der Waals surface area contributed by atoms with Crippen molar-refractivity contribution in [3.05, 3.63) is 0 Å². The van der Waals surface area contributed by atoms with Crippen molar-refractivity contribution in [3.63, 3.8) is 0 Å². The van der Waals surface area contributed by atoms with Crippen LogP contribution in [-0.2, 0) is 9.59 Å². The standard InChI is InChI=1S/C13H23NO4/c1-8(2)5-11(15)7-14-12(16)9-3-4-10(6-9)13(17)18/h8-11,15H,3-7H2,1-2H3,(H,14,16)(H,17,18)/t9-,10+,11?/m1/s1. The number of carboxylic acid groups (broad SMARTS) is 1. The molecule has 1 aliphatic rings. The molecule has 0 spiro atoms. The molecule has 1 aliphatic carbocycles. The third-order valence-corrected chi connectivity index (χ3v) is 3.41. The second-order valence-corrected chi connectivity index (χ2v) is 5.57. The van der Waals surface area contributed by atoms with E-state index in [0.717, 1.165) is 0 Å². The van der Waals surface area contributed by atoms with Crippen LogP contribution in [0.2, 0.25) is 0 Å². The van der Waals surface area contributed by atoms with Gasteiger partial charge >= 0.3 is 5.97 Å². The smallest absolute Gasteiger partial charge is 0.306 e. The van der Waals surface area contributed by atoms with Gasteiger partial charge in [0.15, 0.2) is 0 Å². The number of amides is 1. The lowest BCUT2D eigenvalue weighted by molar-refractivity contribution is -0.141. The Morgan fingerprint density at radius 2 is 1.89 bits per heavy atom. The molecule has 0 bridgehead atoms. The van der Waals surface area contributed by atoms with Crippen LogP contribution in [0.4, 0.5) is 0 Å². The van der Waals surface area contributed by atoms with Gasteiger partial charge in [-0.25, -0.2) is 0 Å². The SMILES string of the molecule is CC(C)CC(O)CNC(=O)[C@@H]1CC[C@H](C(=O)O)C1. The summed E-state index contributed by atoms with van der Waals surface area (Å²) in [5.41, 5.74) is 0. The number of carbonyl (C=O) groups is 2. The van der Waals surface area contributed by atoms with E-state index in [0.29, 0.717) is 31.6 Å². The molecule has 0 saturated heterocycles. The van der Waals surface area contributed by atoms with Gasteiger partial charge in [0.2, 0.25) is 5.91 Å². The first kappa shape index (κ1) is 15.0. The van der Waals surface area contributed by atoms with Crippen molar-refractivity contribution < 1.29 is 19.8 Å². The van der Waals surface area contributed by atoms with Crippen molar-refractivity contribution in [2.45, 2.75) is 45.6 Å². The first-order chi connectivity index (χ1) is 8.40. The van der Waals surface area contributed by atoms with Crippen LogP contribution < -0.4 is 5.32 Å². The van der Waals surface area contributed by atoms with E-state index in [9.17, 15) is 14.7 Å². The second kappa shape index (κ2) is 6.73. The zero-order chi connectivity index (χ0) is 13.7. The van der Waals surface area contributed by atoms with Gasteiger partial charge in [-0.3, -0.25) is 9.59 Å². The van der Waals surface area contributed by atoms with E-state index in [1.54, 1.807) is 0 Å². The van der Waals surface area contributed by atoms with E-state index in [1.165, 1.54) is 0 Å². The highest BCUT2D eigenvalue weighted by Crippen LogP contribution is 2.31. The van der Waals surface area contributed by atoms with Crippen LogP contribution in [0.1, 0.15) is 39.5 Å². The molecule has 1 saturated carbocycles. The van der Waals surface area contributed by atoms with Crippen LogP contribution in [0.15, 0.2) is 0 Å². The lowest BCUT2D eigenvalue weighted by Crippen LogP contribution is -2.36. The summed E-state index contributed by atoms with van der Waals surface area (Å²) in [6.07, 6.45) is 1.75. The number of aliphatic carboxylic acids is 1. The first-order valence-corrected chi connectivity index (χ1v) is 6.58. The summed E-state index contributed by atoms with van der Waals surface area (Å²) in [4.78, 5) is 22.6. The summed E-state index contributed by atoms with van der Waals surface area (Å²) < 4.78 is 0. The van der Waals surface area contributed by atoms with Crippen molar-refractivity contribution in [3.8, 4) is 0 Å². The molecule has 1 rings (SSSR count). The van der Waals surface area contributed by atoms with Crippen LogP contribution in [-0.4, -0.2) is 34.7 Å². The summed E-state index contributed by atoms with van der Waals surface area (Å²) in [5, 5.41) is 21.2. The Bertz CT molecular complexity index is 303. The molecule has 0 aliphatic heterocycles. The summed E-state index contributed by atoms with van der Waals surface area (Å²) in [5.74, 6) is -1.15. The molecule has 18 heavy (non-hydrogen) atoms. The van der Waals surface area contributed by atoms with Crippen LogP contribution in [0.25, 0.3) is 0 Å². The van der Waals surface area contributed by atoms with Crippen molar-refractivity contribution in [2.24, 2.45) is 17.8 Å². The molecule has 104 valence electrons. The average molecular weight is 257 g/mol. The van der Waals surface area contributed by atoms with Gasteiger partial charge in [-0.15, -0.1) is 0 Å². The Hall–Kier alpha value is -1.10. The van der Waals surface area contributed by atoms with Gasteiger partial charge < -0.3 is 15.5 Å². The number of rotatable bonds is 6. The maximum absolute atomic E-state index is 11.8. The van der Waals surface area contributed by atoms with Gasteiger partial charge in [0.1, 0.15) is 0 Å². The fraction of sp³-hybridized carbons (Fsp3) is 0.846. The number of carbonyl (C=O) groups excluding carboxylic acids is 1. The molecule has 0 radical (unpaired) electrons. The largest absolute Gasteiger partial charge is 0.481 e. The molecule has 0 aromatic heterocycles. The second-order valence-electron chi connectivity index (χ2n) is 5.57. The monoisotopic (exact) mass is 257 g/mol. The number of hydrogen-bond donors (Lipinski definition) is 3. The van der Waals surface area contributed by atoms with Crippen molar-refractivity contribution in [2.75, 3.05) is 6.54 Å². The molecule has 1 unspecified atom stereocenters. The zero-order valence-electron chi connectivity index (χ0n) is 11.1. The van der Waals surface area contributed by atoms with Crippen LogP contribution >= 0.6 is 0 Å². The highest BCUT2D eigenvalue weighted by atomic mass is 16.4. The van der Waals surface area contributed by atoms with Gasteiger partial charge in [-0.2, -0.15) is 0 Å². The lowest BCUT2D eigenvalue weighted by Gasteiger charge is -2.16. The Kier molecular flexibility index (Phi) is 5.59. The Balaban J connectivity index is 2.28. The topological polar surface area (TPSA) is 86.6 Å². The summed E-state index contributed by atoms with van der Waals surface area (Å²) in [6.45, 7) is 4.28. The van der Waals surface area contributed by atoms with E-state index in [1.807, 2.05) is 13.8 Å². The van der Waals surface area contributed by atoms with Gasteiger partial charge in [0.05, 0.1) is 12.0 Å². The number of carboxylic acids is 1. The quantitative estimate of drug-likeness (QED) is 0.663. The summed E-state index contributed by atoms with van der Waals surface area (Å²) >= 11 is 0. The number of aliphatic hydroxyl groups is 1. The summed E-state index contributed by atoms with van der Waals surface area (Å²) in [6, 6.07) is 0. The molecule has 1 amide bonds. The molecule has 3 atom stereocenters. The molecule has 3 N–H and O–H groups in total. The Morgan fingerprint density at radius 3 is 2.39 bits per heavy atom. The van der Waals surface area contributed by atoms with Crippen LogP contribution in [0, 0.1) is 17.8 Å². The minimum Gasteiger partial charge on any atom is -0.481 e. The predicted octanol–water partition coefficient (Wildman–Crippen LogP) is 1.01. The highest BCUT2D eigenvalue weighted by Gasteiger charge is 2.33. The Labute approximate surface area is 108 Å². The fourth-order valence-corrected chi connectivity index (χ4v) is 2.43. The maximum Gasteiger partial charge on any atom is 0.306 e. The minimum atomic E-state index is -0.815. The number of aliphatic hydroxyl groups excluding tert-OH is 1. The molecule has 0 heterocycles. The molecule has 5 heteroatoms. The van der Waals surface area contributed by atoms with Crippen molar-refractivity contribution in [1.82, 2.24) is 5.32 Å². The first-order valence-electron chi connectivity index (χ1n) is 6.58. The molecule has 1 fully saturated rings. The van der Waals surface area contributed by atoms with E-state index in [-0.39, 0.29) is 24.3 Å². The van der Waals surface area contributed by atoms with E-state index < -0.39 is 12.1 Å². The molecular weight excluding hydrogens is 234 g/mol.